The average molecular weight is 852 g/mol. The fraction of sp³-hybridized carbons (Fsp3) is 0.268. The second-order valence-corrected chi connectivity index (χ2v) is 17.9. The molecule has 0 aromatic heterocycles. The van der Waals surface area contributed by atoms with Crippen molar-refractivity contribution < 1.29 is 26.6 Å². The molecule has 7 heteroatoms. The maximum Gasteiger partial charge on any atom is 0.229 e. The lowest BCUT2D eigenvalue weighted by molar-refractivity contribution is -0.401. The van der Waals surface area contributed by atoms with Crippen molar-refractivity contribution in [2.75, 3.05) is 29.9 Å². The first-order valence-corrected chi connectivity index (χ1v) is 22.1. The summed E-state index contributed by atoms with van der Waals surface area (Å²) in [7, 11) is 2.19. The molecule has 9 rings (SSSR count). The summed E-state index contributed by atoms with van der Waals surface area (Å²) in [5.74, 6) is 6.48. The Morgan fingerprint density at radius 3 is 2.13 bits per heavy atom. The van der Waals surface area contributed by atoms with Gasteiger partial charge in [0.1, 0.15) is 7.05 Å². The van der Waals surface area contributed by atoms with E-state index in [1.54, 1.807) is 4.90 Å². The number of unbranched alkanes of at least 4 members (excludes halogenated alkanes) is 2. The number of nitrogens with one attached hydrogen (secondary N) is 1. The molecule has 318 valence electrons. The van der Waals surface area contributed by atoms with Gasteiger partial charge in [-0.15, -0.1) is 0 Å². The van der Waals surface area contributed by atoms with E-state index in [0.29, 0.717) is 19.5 Å². The second kappa shape index (κ2) is 17.8. The van der Waals surface area contributed by atoms with Crippen LogP contribution >= 0.6 is 0 Å². The molecule has 3 aliphatic rings. The van der Waals surface area contributed by atoms with Crippen LogP contribution in [-0.4, -0.2) is 42.2 Å². The zero-order chi connectivity index (χ0) is 43.0. The predicted molar refractivity (Wildman–Crippen MR) is 256 cm³/mol. The largest absolute Gasteiger partial charge is 1.00 e. The van der Waals surface area contributed by atoms with Gasteiger partial charge in [-0.1, -0.05) is 123 Å². The minimum absolute atomic E-state index is 0. The summed E-state index contributed by atoms with van der Waals surface area (Å²) in [6.07, 6.45) is 10.2. The van der Waals surface area contributed by atoms with Gasteiger partial charge in [-0.25, -0.2) is 0 Å². The number of carbonyl (C=O) groups is 2. The Kier molecular flexibility index (Phi) is 12.2. The SMILES string of the molecule is C[N+]1=C(C=CC=C2N(CCCCCC(=O)NCCC(=O)N3Cc4ccccc4C#Cc4ccccc43)c3ccc4ccccc4c3C2(C)C)C(C)(C)c2c1ccc1ccccc21.[Cl-]. The fourth-order valence-electron chi connectivity index (χ4n) is 10.2. The number of carbonyl (C=O) groups excluding carboxylic acids is 2. The molecule has 0 bridgehead atoms. The van der Waals surface area contributed by atoms with E-state index in [9.17, 15) is 9.59 Å². The van der Waals surface area contributed by atoms with Gasteiger partial charge in [-0.2, -0.15) is 4.58 Å². The van der Waals surface area contributed by atoms with Crippen LogP contribution in [0.4, 0.5) is 17.1 Å². The van der Waals surface area contributed by atoms with Crippen LogP contribution in [0.25, 0.3) is 21.5 Å². The van der Waals surface area contributed by atoms with Crippen molar-refractivity contribution in [2.45, 2.75) is 77.2 Å². The van der Waals surface area contributed by atoms with Gasteiger partial charge < -0.3 is 27.5 Å². The molecule has 0 radical (unpaired) electrons. The summed E-state index contributed by atoms with van der Waals surface area (Å²) in [5, 5.41) is 8.16. The van der Waals surface area contributed by atoms with E-state index in [-0.39, 0.29) is 41.5 Å². The topological polar surface area (TPSA) is 55.7 Å². The summed E-state index contributed by atoms with van der Waals surface area (Å²) in [6.45, 7) is 11.0. The van der Waals surface area contributed by atoms with Gasteiger partial charge in [0.15, 0.2) is 5.71 Å². The first kappa shape index (κ1) is 43.2. The molecule has 0 aliphatic carbocycles. The summed E-state index contributed by atoms with van der Waals surface area (Å²) in [6, 6.07) is 42.2. The summed E-state index contributed by atoms with van der Waals surface area (Å²) >= 11 is 0. The minimum Gasteiger partial charge on any atom is -1.00 e. The zero-order valence-electron chi connectivity index (χ0n) is 37.0. The highest BCUT2D eigenvalue weighted by Gasteiger charge is 2.44. The van der Waals surface area contributed by atoms with Crippen LogP contribution in [0.1, 0.15) is 87.6 Å². The number of amides is 2. The molecule has 2 amide bonds. The molecule has 63 heavy (non-hydrogen) atoms. The van der Waals surface area contributed by atoms with E-state index in [1.807, 2.05) is 48.5 Å². The summed E-state index contributed by atoms with van der Waals surface area (Å²) < 4.78 is 2.36. The molecule has 6 aromatic carbocycles. The van der Waals surface area contributed by atoms with Crippen molar-refractivity contribution in [3.8, 4) is 11.8 Å². The van der Waals surface area contributed by atoms with Crippen LogP contribution in [0.15, 0.2) is 145 Å². The van der Waals surface area contributed by atoms with Gasteiger partial charge in [0.05, 0.1) is 17.6 Å². The number of para-hydroxylation sites is 1. The highest BCUT2D eigenvalue weighted by Crippen LogP contribution is 2.51. The van der Waals surface area contributed by atoms with Crippen molar-refractivity contribution in [3.63, 3.8) is 0 Å². The number of halogens is 1. The van der Waals surface area contributed by atoms with Crippen LogP contribution in [0.2, 0.25) is 0 Å². The van der Waals surface area contributed by atoms with E-state index in [1.165, 1.54) is 55.5 Å². The molecule has 6 nitrogen and oxygen atoms in total. The van der Waals surface area contributed by atoms with E-state index >= 15 is 0 Å². The number of nitrogens with zero attached hydrogens (tertiary/aromatic N) is 3. The lowest BCUT2D eigenvalue weighted by atomic mass is 9.79. The van der Waals surface area contributed by atoms with Crippen LogP contribution in [0.3, 0.4) is 0 Å². The van der Waals surface area contributed by atoms with E-state index in [4.69, 9.17) is 0 Å². The molecule has 0 fully saturated rings. The lowest BCUT2D eigenvalue weighted by Gasteiger charge is -2.27. The normalized spacial score (nSPS) is 16.2. The van der Waals surface area contributed by atoms with Gasteiger partial charge >= 0.3 is 0 Å². The Balaban J connectivity index is 0.00000544. The van der Waals surface area contributed by atoms with Gasteiger partial charge in [-0.05, 0) is 95.8 Å². The van der Waals surface area contributed by atoms with Crippen molar-refractivity contribution in [2.24, 2.45) is 0 Å². The fourth-order valence-corrected chi connectivity index (χ4v) is 10.2. The molecular weight excluding hydrogens is 796 g/mol. The molecule has 0 spiro atoms. The number of allylic oxidation sites excluding steroid dienone is 4. The third-order valence-electron chi connectivity index (χ3n) is 13.3. The monoisotopic (exact) mass is 850 g/mol. The Labute approximate surface area is 378 Å². The van der Waals surface area contributed by atoms with Gasteiger partial charge in [0.25, 0.3) is 0 Å². The van der Waals surface area contributed by atoms with Crippen molar-refractivity contribution in [3.05, 3.63) is 173 Å². The third kappa shape index (κ3) is 8.07. The molecule has 6 aromatic rings. The van der Waals surface area contributed by atoms with Crippen LogP contribution in [0.5, 0.6) is 0 Å². The molecule has 0 saturated carbocycles. The Morgan fingerprint density at radius 2 is 1.35 bits per heavy atom. The van der Waals surface area contributed by atoms with Crippen LogP contribution in [0, 0.1) is 11.8 Å². The number of fused-ring (bicyclic) bond motifs is 8. The number of hydrogen-bond donors (Lipinski definition) is 1. The number of anilines is 2. The number of benzene rings is 6. The standard InChI is InChI=1S/C56H54N4O2.ClH/c1-55(2)49(58(5)47-33-31-40-19-10-13-23-44(40)53(47)55)26-17-27-50-56(3,4)54-45-24-14-11-20-41(45)32-34-48(54)59(50)37-16-6-7-28-51(61)57-36-35-52(62)60-38-43-22-9-8-18-39(43)29-30-42-21-12-15-25-46(42)60;/h8-15,17-27,31-34H,6-7,16,28,35-38H2,1-5H3;1H. The van der Waals surface area contributed by atoms with Crippen LogP contribution in [-0.2, 0) is 27.0 Å². The maximum atomic E-state index is 13.6. The zero-order valence-corrected chi connectivity index (χ0v) is 37.7. The lowest BCUT2D eigenvalue weighted by Crippen LogP contribution is -3.00. The number of hydrogen-bond acceptors (Lipinski definition) is 3. The van der Waals surface area contributed by atoms with Gasteiger partial charge in [0.2, 0.25) is 17.5 Å². The first-order chi connectivity index (χ1) is 30.0. The minimum atomic E-state index is -0.218. The highest BCUT2D eigenvalue weighted by molar-refractivity contribution is 6.07. The smallest absolute Gasteiger partial charge is 0.229 e. The molecule has 0 saturated heterocycles. The Morgan fingerprint density at radius 1 is 0.698 bits per heavy atom. The molecule has 3 heterocycles. The van der Waals surface area contributed by atoms with E-state index in [0.717, 1.165) is 48.2 Å². The maximum absolute atomic E-state index is 13.6. The third-order valence-corrected chi connectivity index (χ3v) is 13.3. The van der Waals surface area contributed by atoms with E-state index < -0.39 is 0 Å². The second-order valence-electron chi connectivity index (χ2n) is 17.9. The van der Waals surface area contributed by atoms with Crippen molar-refractivity contribution >= 4 is 56.1 Å². The first-order valence-electron chi connectivity index (χ1n) is 22.1. The number of rotatable bonds is 11. The quantitative estimate of drug-likeness (QED) is 0.0813. The molecule has 1 N–H and O–H groups in total. The molecular formula is C56H55ClN4O2. The summed E-state index contributed by atoms with van der Waals surface area (Å²) in [5.41, 5.74) is 11.0. The highest BCUT2D eigenvalue weighted by atomic mass is 35.5. The summed E-state index contributed by atoms with van der Waals surface area (Å²) in [4.78, 5) is 31.0. The van der Waals surface area contributed by atoms with E-state index in [2.05, 4.69) is 152 Å². The van der Waals surface area contributed by atoms with Gasteiger partial charge in [-0.3, -0.25) is 9.59 Å². The van der Waals surface area contributed by atoms with Gasteiger partial charge in [0, 0.05) is 71.6 Å². The van der Waals surface area contributed by atoms with Crippen LogP contribution < -0.4 is 27.5 Å². The molecule has 0 atom stereocenters. The van der Waals surface area contributed by atoms with Crippen molar-refractivity contribution in [1.82, 2.24) is 5.32 Å². The molecule has 3 aliphatic heterocycles. The Hall–Kier alpha value is -6.42. The molecule has 0 unspecified atom stereocenters. The van der Waals surface area contributed by atoms with Crippen molar-refractivity contribution in [1.29, 1.82) is 0 Å². The average Bonchev–Trinajstić information content (AvgIpc) is 3.61. The Bertz CT molecular complexity index is 2930. The predicted octanol–water partition coefficient (Wildman–Crippen LogP) is 8.25.